The number of carbonyl (C=O) groups is 2. The quantitative estimate of drug-likeness (QED) is 0.506. The molecule has 7 nitrogen and oxygen atoms in total. The number of nitrogens with two attached hydrogens (primary N) is 2. The van der Waals surface area contributed by atoms with E-state index in [4.69, 9.17) is 23.1 Å². The van der Waals surface area contributed by atoms with E-state index < -0.39 is 5.91 Å². The number of halogens is 1. The van der Waals surface area contributed by atoms with E-state index in [1.807, 2.05) is 38.1 Å². The number of hydrogen-bond acceptors (Lipinski definition) is 3. The largest absolute Gasteiger partial charge is 0.370 e. The topological polar surface area (TPSA) is 114 Å². The first-order valence-corrected chi connectivity index (χ1v) is 9.03. The van der Waals surface area contributed by atoms with Gasteiger partial charge in [0.2, 0.25) is 0 Å². The lowest BCUT2D eigenvalue weighted by Gasteiger charge is -2.13. The second-order valence-corrected chi connectivity index (χ2v) is 7.09. The van der Waals surface area contributed by atoms with Crippen molar-refractivity contribution in [1.82, 2.24) is 10.2 Å². The number of likely N-dealkylation sites (N-methyl/N-ethyl adjacent to an activating group) is 1. The number of aliphatic imine (C=N–C) groups is 1. The highest BCUT2D eigenvalue weighted by Gasteiger charge is 2.15. The molecule has 0 spiro atoms. The summed E-state index contributed by atoms with van der Waals surface area (Å²) in [4.78, 5) is 30.5. The Morgan fingerprint density at radius 1 is 1.11 bits per heavy atom. The predicted molar refractivity (Wildman–Crippen MR) is 113 cm³/mol. The molecule has 2 amide bonds. The molecule has 148 valence electrons. The van der Waals surface area contributed by atoms with Crippen molar-refractivity contribution in [3.8, 4) is 11.1 Å². The summed E-state index contributed by atoms with van der Waals surface area (Å²) < 4.78 is 0. The third kappa shape index (κ3) is 5.80. The van der Waals surface area contributed by atoms with Crippen LogP contribution in [-0.4, -0.2) is 49.9 Å². The number of rotatable bonds is 6. The zero-order valence-electron chi connectivity index (χ0n) is 16.1. The number of benzene rings is 2. The zero-order valence-corrected chi connectivity index (χ0v) is 16.9. The van der Waals surface area contributed by atoms with Gasteiger partial charge >= 0.3 is 0 Å². The van der Waals surface area contributed by atoms with Gasteiger partial charge in [-0.3, -0.25) is 9.59 Å². The van der Waals surface area contributed by atoms with E-state index in [2.05, 4.69) is 10.3 Å². The second kappa shape index (κ2) is 9.34. The zero-order chi connectivity index (χ0) is 20.8. The number of nitrogens with zero attached hydrogens (tertiary/aromatic N) is 2. The average Bonchev–Trinajstić information content (AvgIpc) is 2.62. The van der Waals surface area contributed by atoms with Crippen molar-refractivity contribution in [3.63, 3.8) is 0 Å². The summed E-state index contributed by atoms with van der Waals surface area (Å²) in [6.45, 7) is 3.09. The van der Waals surface area contributed by atoms with Gasteiger partial charge in [-0.1, -0.05) is 23.2 Å². The Kier molecular flexibility index (Phi) is 7.14. The fraction of sp³-hybridized carbons (Fsp3) is 0.250. The van der Waals surface area contributed by atoms with Crippen LogP contribution in [0.4, 0.5) is 0 Å². The molecule has 0 saturated heterocycles. The molecular weight excluding hydrogens is 378 g/mol. The molecule has 0 saturated carbocycles. The van der Waals surface area contributed by atoms with Crippen LogP contribution in [0.25, 0.3) is 11.1 Å². The average molecular weight is 402 g/mol. The van der Waals surface area contributed by atoms with Crippen LogP contribution in [0.3, 0.4) is 0 Å². The Balaban J connectivity index is 2.50. The Bertz CT molecular complexity index is 921. The molecule has 28 heavy (non-hydrogen) atoms. The van der Waals surface area contributed by atoms with Crippen molar-refractivity contribution in [2.24, 2.45) is 16.5 Å². The van der Waals surface area contributed by atoms with Crippen molar-refractivity contribution in [2.45, 2.75) is 6.92 Å². The maximum Gasteiger partial charge on any atom is 0.280 e. The first-order valence-electron chi connectivity index (χ1n) is 8.66. The van der Waals surface area contributed by atoms with Crippen molar-refractivity contribution in [1.29, 1.82) is 0 Å². The maximum atomic E-state index is 12.6. The Morgan fingerprint density at radius 3 is 2.43 bits per heavy atom. The van der Waals surface area contributed by atoms with Gasteiger partial charge in [-0.25, -0.2) is 0 Å². The molecule has 8 heteroatoms. The lowest BCUT2D eigenvalue weighted by molar-refractivity contribution is 0.0951. The summed E-state index contributed by atoms with van der Waals surface area (Å²) in [5.41, 5.74) is 13.5. The molecule has 0 bridgehead atoms. The molecule has 0 radical (unpaired) electrons. The van der Waals surface area contributed by atoms with Gasteiger partial charge in [0.25, 0.3) is 11.8 Å². The van der Waals surface area contributed by atoms with Crippen LogP contribution in [0, 0.1) is 6.92 Å². The SMILES string of the molecule is Cc1ccc(Cl)c(-c2cc(C(=O)N=C(N)N)cc(C(=O)NCCN(C)C)c2)c1. The van der Waals surface area contributed by atoms with E-state index in [0.29, 0.717) is 34.8 Å². The van der Waals surface area contributed by atoms with Crippen molar-refractivity contribution in [3.05, 3.63) is 58.1 Å². The van der Waals surface area contributed by atoms with Crippen LogP contribution in [0.2, 0.25) is 5.02 Å². The van der Waals surface area contributed by atoms with Gasteiger partial charge < -0.3 is 21.7 Å². The van der Waals surface area contributed by atoms with E-state index in [1.165, 1.54) is 6.07 Å². The molecule has 0 unspecified atom stereocenters. The van der Waals surface area contributed by atoms with Gasteiger partial charge in [-0.2, -0.15) is 4.99 Å². The molecule has 0 aliphatic carbocycles. The first kappa shape index (κ1) is 21.4. The Labute approximate surface area is 169 Å². The van der Waals surface area contributed by atoms with Crippen molar-refractivity contribution in [2.75, 3.05) is 27.2 Å². The molecule has 0 aliphatic heterocycles. The molecule has 0 aliphatic rings. The molecular formula is C20H24ClN5O2. The van der Waals surface area contributed by atoms with Crippen LogP contribution in [-0.2, 0) is 0 Å². The predicted octanol–water partition coefficient (Wildman–Crippen LogP) is 2.02. The van der Waals surface area contributed by atoms with Crippen LogP contribution in [0.1, 0.15) is 26.3 Å². The van der Waals surface area contributed by atoms with Gasteiger partial charge in [-0.15, -0.1) is 0 Å². The van der Waals surface area contributed by atoms with Gasteiger partial charge in [0, 0.05) is 34.8 Å². The number of guanidine groups is 1. The third-order valence-corrected chi connectivity index (χ3v) is 4.28. The molecule has 2 rings (SSSR count). The van der Waals surface area contributed by atoms with Gasteiger partial charge in [0.05, 0.1) is 0 Å². The number of carbonyl (C=O) groups excluding carboxylic acids is 2. The number of nitrogens with one attached hydrogen (secondary N) is 1. The van der Waals surface area contributed by atoms with Gasteiger partial charge in [-0.05, 0) is 56.9 Å². The minimum absolute atomic E-state index is 0.196. The van der Waals surface area contributed by atoms with Crippen LogP contribution in [0.15, 0.2) is 41.4 Å². The minimum atomic E-state index is -0.632. The minimum Gasteiger partial charge on any atom is -0.370 e. The molecule has 0 fully saturated rings. The number of hydrogen-bond donors (Lipinski definition) is 3. The summed E-state index contributed by atoms with van der Waals surface area (Å²) >= 11 is 6.34. The fourth-order valence-corrected chi connectivity index (χ4v) is 2.80. The first-order chi connectivity index (χ1) is 13.2. The lowest BCUT2D eigenvalue weighted by atomic mass is 9.97. The van der Waals surface area contributed by atoms with E-state index in [-0.39, 0.29) is 17.4 Å². The standard InChI is InChI=1S/C20H24ClN5O2/c1-12-4-5-17(21)16(8-12)13-9-14(18(27)24-6-7-26(2)3)11-15(10-13)19(28)25-20(22)23/h4-5,8-11H,6-7H2,1-3H3,(H,24,27)(H4,22,23,25,28). The van der Waals surface area contributed by atoms with Gasteiger partial charge in [0.15, 0.2) is 5.96 Å². The lowest BCUT2D eigenvalue weighted by Crippen LogP contribution is -2.31. The number of aryl methyl sites for hydroxylation is 1. The van der Waals surface area contributed by atoms with Crippen molar-refractivity contribution < 1.29 is 9.59 Å². The van der Waals surface area contributed by atoms with Crippen LogP contribution < -0.4 is 16.8 Å². The molecule has 2 aromatic carbocycles. The van der Waals surface area contributed by atoms with E-state index in [1.54, 1.807) is 18.2 Å². The summed E-state index contributed by atoms with van der Waals surface area (Å²) in [5.74, 6) is -1.28. The number of amides is 2. The molecule has 0 atom stereocenters. The van der Waals surface area contributed by atoms with E-state index in [0.717, 1.165) is 5.56 Å². The fourth-order valence-electron chi connectivity index (χ4n) is 2.57. The Morgan fingerprint density at radius 2 is 1.79 bits per heavy atom. The van der Waals surface area contributed by atoms with Gasteiger partial charge in [0.1, 0.15) is 0 Å². The smallest absolute Gasteiger partial charge is 0.280 e. The molecule has 0 heterocycles. The highest BCUT2D eigenvalue weighted by Crippen LogP contribution is 2.30. The highest BCUT2D eigenvalue weighted by atomic mass is 35.5. The summed E-state index contributed by atoms with van der Waals surface area (Å²) in [6, 6.07) is 10.3. The molecule has 2 aromatic rings. The highest BCUT2D eigenvalue weighted by molar-refractivity contribution is 6.33. The van der Waals surface area contributed by atoms with Crippen molar-refractivity contribution >= 4 is 29.4 Å². The maximum absolute atomic E-state index is 12.6. The summed E-state index contributed by atoms with van der Waals surface area (Å²) in [5, 5.41) is 3.34. The summed E-state index contributed by atoms with van der Waals surface area (Å²) in [7, 11) is 3.83. The molecule has 5 N–H and O–H groups in total. The van der Waals surface area contributed by atoms with E-state index in [9.17, 15) is 9.59 Å². The Hall–Kier alpha value is -2.90. The van der Waals surface area contributed by atoms with Crippen LogP contribution >= 0.6 is 11.6 Å². The third-order valence-electron chi connectivity index (χ3n) is 3.95. The monoisotopic (exact) mass is 401 g/mol. The van der Waals surface area contributed by atoms with E-state index >= 15 is 0 Å². The van der Waals surface area contributed by atoms with Crippen LogP contribution in [0.5, 0.6) is 0 Å². The normalized spacial score (nSPS) is 10.6. The summed E-state index contributed by atoms with van der Waals surface area (Å²) in [6.07, 6.45) is 0. The molecule has 0 aromatic heterocycles. The second-order valence-electron chi connectivity index (χ2n) is 6.68.